The Hall–Kier alpha value is -0.830. The summed E-state index contributed by atoms with van der Waals surface area (Å²) in [6.07, 6.45) is 7.28. The third kappa shape index (κ3) is 2.59. The van der Waals surface area contributed by atoms with E-state index in [2.05, 4.69) is 21.8 Å². The van der Waals surface area contributed by atoms with Gasteiger partial charge in [0.05, 0.1) is 17.8 Å². The lowest BCUT2D eigenvalue weighted by atomic mass is 10.4. The van der Waals surface area contributed by atoms with Crippen molar-refractivity contribution in [3.8, 4) is 0 Å². The van der Waals surface area contributed by atoms with Gasteiger partial charge in [-0.25, -0.2) is 4.98 Å². The minimum Gasteiger partial charge on any atom is -0.352 e. The van der Waals surface area contributed by atoms with Crippen molar-refractivity contribution >= 4 is 17.4 Å². The van der Waals surface area contributed by atoms with E-state index in [-0.39, 0.29) is 0 Å². The van der Waals surface area contributed by atoms with Crippen LogP contribution in [-0.4, -0.2) is 22.6 Å². The molecule has 1 aromatic heterocycles. The molecule has 0 bridgehead atoms. The van der Waals surface area contributed by atoms with Gasteiger partial charge >= 0.3 is 0 Å². The van der Waals surface area contributed by atoms with Crippen molar-refractivity contribution < 1.29 is 0 Å². The molecule has 1 fully saturated rings. The Morgan fingerprint density at radius 2 is 2.27 bits per heavy atom. The smallest absolute Gasteiger partial charge is 0.147 e. The summed E-state index contributed by atoms with van der Waals surface area (Å²) in [5.41, 5.74) is 0.857. The maximum atomic E-state index is 5.75. The molecule has 0 unspecified atom stereocenters. The normalized spacial score (nSPS) is 15.3. The maximum Gasteiger partial charge on any atom is 0.147 e. The van der Waals surface area contributed by atoms with Crippen LogP contribution in [0.4, 0.5) is 5.82 Å². The van der Waals surface area contributed by atoms with E-state index >= 15 is 0 Å². The van der Waals surface area contributed by atoms with Gasteiger partial charge in [0, 0.05) is 18.8 Å². The van der Waals surface area contributed by atoms with Crippen LogP contribution in [0.15, 0.2) is 12.4 Å². The predicted molar refractivity (Wildman–Crippen MR) is 62.2 cm³/mol. The molecule has 4 heteroatoms. The van der Waals surface area contributed by atoms with E-state index in [4.69, 9.17) is 11.6 Å². The molecule has 0 saturated heterocycles. The van der Waals surface area contributed by atoms with Gasteiger partial charge in [-0.2, -0.15) is 0 Å². The monoisotopic (exact) mass is 225 g/mol. The Morgan fingerprint density at radius 3 is 2.87 bits per heavy atom. The summed E-state index contributed by atoms with van der Waals surface area (Å²) >= 11 is 5.75. The highest BCUT2D eigenvalue weighted by Crippen LogP contribution is 2.30. The van der Waals surface area contributed by atoms with Crippen molar-refractivity contribution in [3.63, 3.8) is 0 Å². The fourth-order valence-corrected chi connectivity index (χ4v) is 1.84. The maximum absolute atomic E-state index is 5.75. The van der Waals surface area contributed by atoms with Gasteiger partial charge in [0.15, 0.2) is 0 Å². The summed E-state index contributed by atoms with van der Waals surface area (Å²) in [5, 5.41) is 0. The molecule has 0 N–H and O–H groups in total. The first-order valence-corrected chi connectivity index (χ1v) is 6.02. The average molecular weight is 226 g/mol. The lowest BCUT2D eigenvalue weighted by molar-refractivity contribution is 0.745. The molecule has 0 aromatic carbocycles. The number of anilines is 1. The number of aromatic nitrogens is 2. The van der Waals surface area contributed by atoms with E-state index in [1.54, 1.807) is 6.20 Å². The van der Waals surface area contributed by atoms with Crippen LogP contribution >= 0.6 is 11.6 Å². The second-order valence-electron chi connectivity index (χ2n) is 3.93. The van der Waals surface area contributed by atoms with Crippen LogP contribution in [-0.2, 0) is 5.88 Å². The standard InChI is InChI=1S/C11H16ClN3/c1-2-5-15(10-3-4-10)11-8-13-7-9(6-12)14-11/h7-8,10H,2-6H2,1H3. The number of halogens is 1. The van der Waals surface area contributed by atoms with Crippen LogP contribution in [0.1, 0.15) is 31.9 Å². The Bertz CT molecular complexity index is 325. The van der Waals surface area contributed by atoms with Crippen LogP contribution < -0.4 is 4.90 Å². The highest BCUT2D eigenvalue weighted by Gasteiger charge is 2.29. The summed E-state index contributed by atoms with van der Waals surface area (Å²) in [6, 6.07) is 0.685. The molecule has 15 heavy (non-hydrogen) atoms. The largest absolute Gasteiger partial charge is 0.352 e. The molecule has 2 rings (SSSR count). The zero-order valence-electron chi connectivity index (χ0n) is 8.99. The van der Waals surface area contributed by atoms with E-state index in [9.17, 15) is 0 Å². The number of rotatable bonds is 5. The first kappa shape index (κ1) is 10.7. The van der Waals surface area contributed by atoms with Crippen LogP contribution in [0.5, 0.6) is 0 Å². The molecule has 82 valence electrons. The van der Waals surface area contributed by atoms with Crippen LogP contribution in [0.25, 0.3) is 0 Å². The van der Waals surface area contributed by atoms with Crippen molar-refractivity contribution in [2.45, 2.75) is 38.1 Å². The number of alkyl halides is 1. The van der Waals surface area contributed by atoms with Gasteiger partial charge in [-0.1, -0.05) is 6.92 Å². The van der Waals surface area contributed by atoms with E-state index < -0.39 is 0 Å². The highest BCUT2D eigenvalue weighted by molar-refractivity contribution is 6.16. The van der Waals surface area contributed by atoms with Gasteiger partial charge in [-0.3, -0.25) is 4.98 Å². The molecule has 3 nitrogen and oxygen atoms in total. The first-order valence-electron chi connectivity index (χ1n) is 5.48. The number of hydrogen-bond donors (Lipinski definition) is 0. The molecule has 1 saturated carbocycles. The van der Waals surface area contributed by atoms with Crippen molar-refractivity contribution in [2.75, 3.05) is 11.4 Å². The van der Waals surface area contributed by atoms with E-state index in [0.717, 1.165) is 24.5 Å². The van der Waals surface area contributed by atoms with E-state index in [0.29, 0.717) is 11.9 Å². The topological polar surface area (TPSA) is 29.0 Å². The van der Waals surface area contributed by atoms with Crippen LogP contribution in [0.3, 0.4) is 0 Å². The van der Waals surface area contributed by atoms with Crippen LogP contribution in [0, 0.1) is 0 Å². The predicted octanol–water partition coefficient (Wildman–Crippen LogP) is 2.59. The molecule has 1 heterocycles. The molecule has 0 atom stereocenters. The molecular formula is C11H16ClN3. The lowest BCUT2D eigenvalue weighted by Crippen LogP contribution is -2.27. The Morgan fingerprint density at radius 1 is 1.47 bits per heavy atom. The SMILES string of the molecule is CCCN(c1cncc(CCl)n1)C1CC1. The third-order valence-corrected chi connectivity index (χ3v) is 2.83. The zero-order chi connectivity index (χ0) is 10.7. The molecule has 0 amide bonds. The van der Waals surface area contributed by atoms with Crippen LogP contribution in [0.2, 0.25) is 0 Å². The molecule has 1 aromatic rings. The molecule has 0 aliphatic heterocycles. The van der Waals surface area contributed by atoms with Gasteiger partial charge in [0.1, 0.15) is 5.82 Å². The summed E-state index contributed by atoms with van der Waals surface area (Å²) in [7, 11) is 0. The third-order valence-electron chi connectivity index (χ3n) is 2.56. The lowest BCUT2D eigenvalue weighted by Gasteiger charge is -2.22. The second kappa shape index (κ2) is 4.79. The Balaban J connectivity index is 2.16. The van der Waals surface area contributed by atoms with E-state index in [1.807, 2.05) is 6.20 Å². The molecule has 0 radical (unpaired) electrons. The minimum atomic E-state index is 0.436. The van der Waals surface area contributed by atoms with Crippen molar-refractivity contribution in [1.82, 2.24) is 9.97 Å². The zero-order valence-corrected chi connectivity index (χ0v) is 9.74. The fraction of sp³-hybridized carbons (Fsp3) is 0.636. The summed E-state index contributed by atoms with van der Waals surface area (Å²) in [4.78, 5) is 11.0. The molecule has 1 aliphatic rings. The summed E-state index contributed by atoms with van der Waals surface area (Å²) in [6.45, 7) is 3.25. The highest BCUT2D eigenvalue weighted by atomic mass is 35.5. The second-order valence-corrected chi connectivity index (χ2v) is 4.19. The number of hydrogen-bond acceptors (Lipinski definition) is 3. The Labute approximate surface area is 95.5 Å². The summed E-state index contributed by atoms with van der Waals surface area (Å²) < 4.78 is 0. The van der Waals surface area contributed by atoms with Crippen molar-refractivity contribution in [3.05, 3.63) is 18.1 Å². The van der Waals surface area contributed by atoms with Gasteiger partial charge in [0.2, 0.25) is 0 Å². The van der Waals surface area contributed by atoms with Gasteiger partial charge in [-0.05, 0) is 19.3 Å². The number of nitrogens with zero attached hydrogens (tertiary/aromatic N) is 3. The Kier molecular flexibility index (Phi) is 3.41. The fourth-order valence-electron chi connectivity index (χ4n) is 1.71. The quantitative estimate of drug-likeness (QED) is 0.722. The molecule has 0 spiro atoms. The molecular weight excluding hydrogens is 210 g/mol. The first-order chi connectivity index (χ1) is 7.35. The van der Waals surface area contributed by atoms with Crippen molar-refractivity contribution in [2.24, 2.45) is 0 Å². The van der Waals surface area contributed by atoms with Gasteiger partial charge in [-0.15, -0.1) is 11.6 Å². The molecule has 1 aliphatic carbocycles. The van der Waals surface area contributed by atoms with Crippen molar-refractivity contribution in [1.29, 1.82) is 0 Å². The van der Waals surface area contributed by atoms with Gasteiger partial charge in [0.25, 0.3) is 0 Å². The minimum absolute atomic E-state index is 0.436. The van der Waals surface area contributed by atoms with Gasteiger partial charge < -0.3 is 4.90 Å². The average Bonchev–Trinajstić information content (AvgIpc) is 3.10. The summed E-state index contributed by atoms with van der Waals surface area (Å²) in [5.74, 6) is 1.42. The van der Waals surface area contributed by atoms with E-state index in [1.165, 1.54) is 12.8 Å².